The molecule has 0 radical (unpaired) electrons. The van der Waals surface area contributed by atoms with Crippen LogP contribution in [-0.4, -0.2) is 30.5 Å². The van der Waals surface area contributed by atoms with Gasteiger partial charge < -0.3 is 5.32 Å². The first-order valence-electron chi connectivity index (χ1n) is 11.7. The summed E-state index contributed by atoms with van der Waals surface area (Å²) in [5, 5.41) is 15.0. The van der Waals surface area contributed by atoms with E-state index in [1.165, 1.54) is 0 Å². The van der Waals surface area contributed by atoms with Gasteiger partial charge in [-0.15, -0.1) is 0 Å². The second-order valence-electron chi connectivity index (χ2n) is 8.64. The van der Waals surface area contributed by atoms with E-state index < -0.39 is 0 Å². The summed E-state index contributed by atoms with van der Waals surface area (Å²) in [5.41, 5.74) is 5.98. The Morgan fingerprint density at radius 3 is 2.44 bits per heavy atom. The number of nitrogens with one attached hydrogen (secondary N) is 2. The summed E-state index contributed by atoms with van der Waals surface area (Å²) < 4.78 is 4.04. The molecule has 0 saturated heterocycles. The third-order valence-corrected chi connectivity index (χ3v) is 6.20. The lowest BCUT2D eigenvalue weighted by atomic mass is 10.1. The van der Waals surface area contributed by atoms with E-state index in [4.69, 9.17) is 17.3 Å². The number of carbonyl (C=O) groups excluding carboxylic acids is 1. The van der Waals surface area contributed by atoms with Gasteiger partial charge in [0, 0.05) is 29.4 Å². The van der Waals surface area contributed by atoms with Gasteiger partial charge in [0.15, 0.2) is 10.6 Å². The van der Waals surface area contributed by atoms with Gasteiger partial charge in [-0.05, 0) is 30.8 Å². The maximum Gasteiger partial charge on any atom is 0.240 e. The molecule has 0 unspecified atom stereocenters. The molecule has 7 nitrogen and oxygen atoms in total. The van der Waals surface area contributed by atoms with Crippen LogP contribution in [0.5, 0.6) is 0 Å². The summed E-state index contributed by atoms with van der Waals surface area (Å²) in [6.45, 7) is 3.09. The van der Waals surface area contributed by atoms with E-state index in [0.717, 1.165) is 33.5 Å². The fourth-order valence-electron chi connectivity index (χ4n) is 4.14. The number of amides is 1. The first-order chi connectivity index (χ1) is 17.6. The summed E-state index contributed by atoms with van der Waals surface area (Å²) in [5.74, 6) is 0.482. The normalized spacial score (nSPS) is 10.9. The number of aryl methyl sites for hydroxylation is 1. The Bertz CT molecular complexity index is 1540. The van der Waals surface area contributed by atoms with E-state index in [-0.39, 0.29) is 12.5 Å². The van der Waals surface area contributed by atoms with E-state index in [9.17, 15) is 4.79 Å². The van der Waals surface area contributed by atoms with Crippen molar-refractivity contribution >= 4 is 18.1 Å². The lowest BCUT2D eigenvalue weighted by molar-refractivity contribution is -0.121. The Kier molecular flexibility index (Phi) is 6.86. The van der Waals surface area contributed by atoms with Crippen molar-refractivity contribution in [1.29, 1.82) is 0 Å². The van der Waals surface area contributed by atoms with Gasteiger partial charge in [0.25, 0.3) is 0 Å². The van der Waals surface area contributed by atoms with E-state index in [0.29, 0.717) is 23.7 Å². The van der Waals surface area contributed by atoms with Crippen molar-refractivity contribution in [2.45, 2.75) is 26.6 Å². The van der Waals surface area contributed by atoms with Crippen molar-refractivity contribution < 1.29 is 4.79 Å². The average Bonchev–Trinajstić information content (AvgIpc) is 3.47. The quantitative estimate of drug-likeness (QED) is 0.293. The number of rotatable bonds is 8. The molecule has 0 aliphatic heterocycles. The summed E-state index contributed by atoms with van der Waals surface area (Å²) >= 11 is 5.40. The molecule has 1 amide bonds. The second-order valence-corrected chi connectivity index (χ2v) is 9.02. The first-order valence-corrected chi connectivity index (χ1v) is 12.1. The zero-order valence-electron chi connectivity index (χ0n) is 19.9. The van der Waals surface area contributed by atoms with Crippen LogP contribution in [0.15, 0.2) is 91.1 Å². The van der Waals surface area contributed by atoms with E-state index >= 15 is 0 Å². The zero-order chi connectivity index (χ0) is 24.9. The Morgan fingerprint density at radius 2 is 1.69 bits per heavy atom. The minimum atomic E-state index is -0.156. The van der Waals surface area contributed by atoms with Crippen LogP contribution in [0.4, 0.5) is 0 Å². The molecule has 8 heteroatoms. The number of hydrogen-bond acceptors (Lipinski definition) is 4. The SMILES string of the molecule is Cc1cccc(-c2n[nH]c(=S)n2CC(=O)NCc2cn(Cc3ccccc3)nc2-c2ccccc2)c1. The molecule has 180 valence electrons. The van der Waals surface area contributed by atoms with Gasteiger partial charge in [-0.3, -0.25) is 19.1 Å². The molecule has 36 heavy (non-hydrogen) atoms. The fraction of sp³-hybridized carbons (Fsp3) is 0.143. The highest BCUT2D eigenvalue weighted by Gasteiger charge is 2.15. The van der Waals surface area contributed by atoms with Crippen molar-refractivity contribution in [3.63, 3.8) is 0 Å². The topological polar surface area (TPSA) is 80.5 Å². The van der Waals surface area contributed by atoms with Crippen molar-refractivity contribution in [1.82, 2.24) is 29.9 Å². The van der Waals surface area contributed by atoms with Gasteiger partial charge >= 0.3 is 0 Å². The van der Waals surface area contributed by atoms with Gasteiger partial charge in [0.2, 0.25) is 5.91 Å². The summed E-state index contributed by atoms with van der Waals surface area (Å²) in [6.07, 6.45) is 2.00. The molecule has 2 N–H and O–H groups in total. The molecule has 2 aromatic heterocycles. The van der Waals surface area contributed by atoms with Gasteiger partial charge in [-0.2, -0.15) is 10.2 Å². The fourth-order valence-corrected chi connectivity index (χ4v) is 4.34. The van der Waals surface area contributed by atoms with Crippen LogP contribution in [0.2, 0.25) is 0 Å². The van der Waals surface area contributed by atoms with E-state index in [1.54, 1.807) is 4.57 Å². The minimum Gasteiger partial charge on any atom is -0.350 e. The number of aromatic amines is 1. The largest absolute Gasteiger partial charge is 0.350 e. The number of nitrogens with zero attached hydrogens (tertiary/aromatic N) is 4. The molecule has 0 fully saturated rings. The van der Waals surface area contributed by atoms with Crippen LogP contribution in [0, 0.1) is 11.7 Å². The smallest absolute Gasteiger partial charge is 0.240 e. The monoisotopic (exact) mass is 494 g/mol. The number of aromatic nitrogens is 5. The molecule has 0 aliphatic carbocycles. The maximum absolute atomic E-state index is 13.0. The Morgan fingerprint density at radius 1 is 0.972 bits per heavy atom. The molecule has 0 saturated carbocycles. The molecule has 0 aliphatic rings. The average molecular weight is 495 g/mol. The molecular weight excluding hydrogens is 468 g/mol. The minimum absolute atomic E-state index is 0.0669. The standard InChI is InChI=1S/C28H26N6OS/c1-20-9-8-14-23(15-20)27-30-31-28(36)34(27)19-25(35)29-16-24-18-33(17-21-10-4-2-5-11-21)32-26(24)22-12-6-3-7-13-22/h2-15,18H,16-17,19H2,1H3,(H,29,35)(H,31,36). The van der Waals surface area contributed by atoms with Crippen molar-refractivity contribution in [3.8, 4) is 22.6 Å². The van der Waals surface area contributed by atoms with Crippen molar-refractivity contribution in [2.75, 3.05) is 0 Å². The third kappa shape index (κ3) is 5.34. The summed E-state index contributed by atoms with van der Waals surface area (Å²) in [4.78, 5) is 13.0. The van der Waals surface area contributed by atoms with Crippen LogP contribution in [0.3, 0.4) is 0 Å². The molecule has 0 bridgehead atoms. The molecule has 0 spiro atoms. The van der Waals surface area contributed by atoms with Gasteiger partial charge in [0.05, 0.1) is 12.2 Å². The van der Waals surface area contributed by atoms with Gasteiger partial charge in [-0.1, -0.05) is 84.4 Å². The molecule has 3 aromatic carbocycles. The molecule has 2 heterocycles. The predicted molar refractivity (Wildman–Crippen MR) is 143 cm³/mol. The molecule has 5 aromatic rings. The highest BCUT2D eigenvalue weighted by molar-refractivity contribution is 7.71. The molecular formula is C28H26N6OS. The zero-order valence-corrected chi connectivity index (χ0v) is 20.7. The van der Waals surface area contributed by atoms with E-state index in [2.05, 4.69) is 27.6 Å². The summed E-state index contributed by atoms with van der Waals surface area (Å²) in [6, 6.07) is 28.2. The van der Waals surface area contributed by atoms with Gasteiger partial charge in [0.1, 0.15) is 6.54 Å². The lowest BCUT2D eigenvalue weighted by Crippen LogP contribution is -2.27. The lowest BCUT2D eigenvalue weighted by Gasteiger charge is -2.09. The van der Waals surface area contributed by atoms with Crippen LogP contribution in [-0.2, 0) is 24.4 Å². The Labute approximate surface area is 214 Å². The second kappa shape index (κ2) is 10.5. The highest BCUT2D eigenvalue weighted by atomic mass is 32.1. The Hall–Kier alpha value is -4.30. The predicted octanol–water partition coefficient (Wildman–Crippen LogP) is 5.14. The molecule has 0 atom stereocenters. The number of benzene rings is 3. The Balaban J connectivity index is 1.35. The van der Waals surface area contributed by atoms with Crippen LogP contribution in [0.25, 0.3) is 22.6 Å². The number of hydrogen-bond donors (Lipinski definition) is 2. The van der Waals surface area contributed by atoms with Crippen molar-refractivity contribution in [3.05, 3.63) is 113 Å². The highest BCUT2D eigenvalue weighted by Crippen LogP contribution is 2.23. The number of H-pyrrole nitrogens is 1. The van der Waals surface area contributed by atoms with Crippen molar-refractivity contribution in [2.24, 2.45) is 0 Å². The number of carbonyl (C=O) groups is 1. The first kappa shape index (κ1) is 23.4. The van der Waals surface area contributed by atoms with Gasteiger partial charge in [-0.25, -0.2) is 0 Å². The van der Waals surface area contributed by atoms with Crippen LogP contribution >= 0.6 is 12.2 Å². The summed E-state index contributed by atoms with van der Waals surface area (Å²) in [7, 11) is 0. The molecule has 5 rings (SSSR count). The third-order valence-electron chi connectivity index (χ3n) is 5.88. The van der Waals surface area contributed by atoms with Crippen LogP contribution in [0.1, 0.15) is 16.7 Å². The van der Waals surface area contributed by atoms with E-state index in [1.807, 2.05) is 90.6 Å². The maximum atomic E-state index is 13.0. The van der Waals surface area contributed by atoms with Crippen LogP contribution < -0.4 is 5.32 Å².